The number of aliphatic hydroxyl groups excluding tert-OH is 1. The number of ketones is 1. The zero-order valence-corrected chi connectivity index (χ0v) is 15.1. The number of aliphatic hydroxyl groups is 1. The molecule has 0 aromatic rings. The second-order valence-corrected chi connectivity index (χ2v) is 9.33. The van der Waals surface area contributed by atoms with Crippen LogP contribution in [0.3, 0.4) is 0 Å². The Bertz CT molecular complexity index is 598. The highest BCUT2D eigenvalue weighted by atomic mass is 16.4. The summed E-state index contributed by atoms with van der Waals surface area (Å²) in [5, 5.41) is 20.6. The Labute approximate surface area is 144 Å². The average Bonchev–Trinajstić information content (AvgIpc) is 2.77. The molecule has 0 saturated heterocycles. The lowest BCUT2D eigenvalue weighted by molar-refractivity contribution is -0.177. The van der Waals surface area contributed by atoms with E-state index in [0.29, 0.717) is 32.1 Å². The van der Waals surface area contributed by atoms with Crippen LogP contribution in [0.2, 0.25) is 0 Å². The molecular formula is C20H30O4. The summed E-state index contributed by atoms with van der Waals surface area (Å²) in [5.41, 5.74) is -2.42. The van der Waals surface area contributed by atoms with Crippen molar-refractivity contribution in [3.63, 3.8) is 0 Å². The Morgan fingerprint density at radius 3 is 2.46 bits per heavy atom. The normalized spacial score (nSPS) is 51.4. The predicted octanol–water partition coefficient (Wildman–Crippen LogP) is 3.58. The average molecular weight is 334 g/mol. The molecule has 3 rings (SSSR count). The summed E-state index contributed by atoms with van der Waals surface area (Å²) in [4.78, 5) is 25.6. The van der Waals surface area contributed by atoms with Crippen LogP contribution in [0.5, 0.6) is 0 Å². The van der Waals surface area contributed by atoms with Crippen LogP contribution in [0.4, 0.5) is 0 Å². The van der Waals surface area contributed by atoms with E-state index in [1.165, 1.54) is 0 Å². The minimum absolute atomic E-state index is 0.108. The Kier molecular flexibility index (Phi) is 3.80. The third-order valence-electron chi connectivity index (χ3n) is 7.78. The Hall–Kier alpha value is -1.16. The molecule has 0 radical (unpaired) electrons. The summed E-state index contributed by atoms with van der Waals surface area (Å²) in [5.74, 6) is -0.821. The van der Waals surface area contributed by atoms with Gasteiger partial charge in [0.05, 0.1) is 16.9 Å². The van der Waals surface area contributed by atoms with Gasteiger partial charge in [-0.25, -0.2) is 0 Å². The van der Waals surface area contributed by atoms with Crippen molar-refractivity contribution in [1.29, 1.82) is 0 Å². The molecule has 3 aliphatic rings. The molecule has 0 bridgehead atoms. The number of fused-ring (bicyclic) bond motifs is 1. The minimum Gasteiger partial charge on any atom is -0.481 e. The van der Waals surface area contributed by atoms with Gasteiger partial charge in [-0.2, -0.15) is 0 Å². The first kappa shape index (κ1) is 17.7. The zero-order chi connectivity index (χ0) is 18.0. The van der Waals surface area contributed by atoms with E-state index in [9.17, 15) is 19.8 Å². The second-order valence-electron chi connectivity index (χ2n) is 9.33. The number of hydrogen-bond donors (Lipinski definition) is 2. The van der Waals surface area contributed by atoms with Crippen molar-refractivity contribution in [2.75, 3.05) is 0 Å². The van der Waals surface area contributed by atoms with E-state index in [1.54, 1.807) is 0 Å². The number of carboxylic acid groups (broad SMARTS) is 1. The summed E-state index contributed by atoms with van der Waals surface area (Å²) in [7, 11) is 0. The first-order chi connectivity index (χ1) is 11.0. The SMILES string of the molecule is C=C[C@]1(C)C[C@H](O)[C@]2(CC[C@@H]3[C@](C)(C(=O)O)CCC[C@@]3(C)C2=O)C1. The van der Waals surface area contributed by atoms with Gasteiger partial charge in [-0.05, 0) is 56.8 Å². The fourth-order valence-corrected chi connectivity index (χ4v) is 6.31. The van der Waals surface area contributed by atoms with Crippen LogP contribution in [0, 0.1) is 27.6 Å². The summed E-state index contributed by atoms with van der Waals surface area (Å²) < 4.78 is 0. The lowest BCUT2D eigenvalue weighted by Crippen LogP contribution is -2.60. The fourth-order valence-electron chi connectivity index (χ4n) is 6.31. The maximum absolute atomic E-state index is 13.6. The molecule has 0 aromatic carbocycles. The lowest BCUT2D eigenvalue weighted by atomic mass is 9.45. The van der Waals surface area contributed by atoms with Gasteiger partial charge in [0.2, 0.25) is 0 Å². The van der Waals surface area contributed by atoms with Crippen LogP contribution in [0.15, 0.2) is 12.7 Å². The van der Waals surface area contributed by atoms with Crippen LogP contribution in [-0.4, -0.2) is 28.1 Å². The maximum atomic E-state index is 13.6. The first-order valence-corrected chi connectivity index (χ1v) is 9.14. The number of carbonyl (C=O) groups excluding carboxylic acids is 1. The highest BCUT2D eigenvalue weighted by Gasteiger charge is 2.67. The van der Waals surface area contributed by atoms with Gasteiger partial charge >= 0.3 is 5.97 Å². The van der Waals surface area contributed by atoms with E-state index in [4.69, 9.17) is 0 Å². The van der Waals surface area contributed by atoms with Gasteiger partial charge < -0.3 is 10.2 Å². The standard InChI is InChI=1S/C20H30O4/c1-5-17(2)11-14(21)20(12-17)10-7-13-18(3,15(20)22)8-6-9-19(13,4)16(23)24/h5,13-14,21H,1,6-12H2,2-4H3,(H,23,24)/t13-,14-,17+,18+,19+,20-/m0/s1. The number of Topliss-reactive ketones (excluding diaryl/α,β-unsaturated/α-hetero) is 1. The van der Waals surface area contributed by atoms with Crippen LogP contribution < -0.4 is 0 Å². The summed E-state index contributed by atoms with van der Waals surface area (Å²) in [6.45, 7) is 9.72. The van der Waals surface area contributed by atoms with Gasteiger partial charge in [-0.1, -0.05) is 26.3 Å². The van der Waals surface area contributed by atoms with E-state index in [2.05, 4.69) is 13.5 Å². The number of aliphatic carboxylic acids is 1. The van der Waals surface area contributed by atoms with E-state index >= 15 is 0 Å². The van der Waals surface area contributed by atoms with Crippen molar-refractivity contribution in [3.05, 3.63) is 12.7 Å². The minimum atomic E-state index is -0.838. The van der Waals surface area contributed by atoms with E-state index in [-0.39, 0.29) is 17.1 Å². The number of allylic oxidation sites excluding steroid dienone is 1. The monoisotopic (exact) mass is 334 g/mol. The van der Waals surface area contributed by atoms with E-state index < -0.39 is 28.3 Å². The van der Waals surface area contributed by atoms with Gasteiger partial charge in [0.15, 0.2) is 0 Å². The van der Waals surface area contributed by atoms with Crippen molar-refractivity contribution in [3.8, 4) is 0 Å². The molecule has 0 aromatic heterocycles. The van der Waals surface area contributed by atoms with Crippen LogP contribution in [0.25, 0.3) is 0 Å². The highest BCUT2D eigenvalue weighted by Crippen LogP contribution is 2.65. The molecule has 2 N–H and O–H groups in total. The largest absolute Gasteiger partial charge is 0.481 e. The van der Waals surface area contributed by atoms with Gasteiger partial charge in [0.25, 0.3) is 0 Å². The third-order valence-corrected chi connectivity index (χ3v) is 7.78. The topological polar surface area (TPSA) is 74.6 Å². The number of carboxylic acids is 1. The Morgan fingerprint density at radius 2 is 1.92 bits per heavy atom. The van der Waals surface area contributed by atoms with Gasteiger partial charge in [-0.15, -0.1) is 6.58 Å². The fraction of sp³-hybridized carbons (Fsp3) is 0.800. The Balaban J connectivity index is 2.01. The molecule has 1 spiro atoms. The quantitative estimate of drug-likeness (QED) is 0.757. The van der Waals surface area contributed by atoms with Crippen molar-refractivity contribution < 1.29 is 19.8 Å². The summed E-state index contributed by atoms with van der Waals surface area (Å²) in [6, 6.07) is 0. The number of hydrogen-bond acceptors (Lipinski definition) is 3. The molecule has 4 heteroatoms. The van der Waals surface area contributed by atoms with Crippen molar-refractivity contribution >= 4 is 11.8 Å². The molecule has 0 unspecified atom stereocenters. The predicted molar refractivity (Wildman–Crippen MR) is 91.4 cm³/mol. The van der Waals surface area contributed by atoms with Crippen molar-refractivity contribution in [2.24, 2.45) is 27.6 Å². The Morgan fingerprint density at radius 1 is 1.25 bits per heavy atom. The van der Waals surface area contributed by atoms with Crippen LogP contribution in [0.1, 0.15) is 65.7 Å². The zero-order valence-electron chi connectivity index (χ0n) is 15.1. The van der Waals surface area contributed by atoms with Crippen molar-refractivity contribution in [2.45, 2.75) is 71.8 Å². The molecule has 3 aliphatic carbocycles. The first-order valence-electron chi connectivity index (χ1n) is 9.14. The van der Waals surface area contributed by atoms with Gasteiger partial charge in [0, 0.05) is 5.41 Å². The lowest BCUT2D eigenvalue weighted by Gasteiger charge is -2.56. The molecule has 134 valence electrons. The maximum Gasteiger partial charge on any atom is 0.309 e. The summed E-state index contributed by atoms with van der Waals surface area (Å²) in [6.07, 6.45) is 5.85. The second kappa shape index (κ2) is 5.17. The molecule has 24 heavy (non-hydrogen) atoms. The van der Waals surface area contributed by atoms with E-state index in [0.717, 1.165) is 12.8 Å². The molecule has 3 fully saturated rings. The molecule has 0 heterocycles. The summed E-state index contributed by atoms with van der Waals surface area (Å²) >= 11 is 0. The molecule has 0 amide bonds. The van der Waals surface area contributed by atoms with Crippen LogP contribution in [-0.2, 0) is 9.59 Å². The number of carbonyl (C=O) groups is 2. The van der Waals surface area contributed by atoms with Crippen molar-refractivity contribution in [1.82, 2.24) is 0 Å². The smallest absolute Gasteiger partial charge is 0.309 e. The molecule has 6 atom stereocenters. The van der Waals surface area contributed by atoms with Crippen LogP contribution >= 0.6 is 0 Å². The van der Waals surface area contributed by atoms with E-state index in [1.807, 2.05) is 19.9 Å². The third kappa shape index (κ3) is 2.08. The molecule has 0 aliphatic heterocycles. The molecular weight excluding hydrogens is 304 g/mol. The van der Waals surface area contributed by atoms with Gasteiger partial charge in [-0.3, -0.25) is 9.59 Å². The van der Waals surface area contributed by atoms with Gasteiger partial charge in [0.1, 0.15) is 5.78 Å². The number of rotatable bonds is 2. The molecule has 4 nitrogen and oxygen atoms in total. The highest BCUT2D eigenvalue weighted by molar-refractivity contribution is 5.93. The molecule has 3 saturated carbocycles.